The number of para-hydroxylation sites is 3. The summed E-state index contributed by atoms with van der Waals surface area (Å²) in [5.41, 5.74) is 1.44. The van der Waals surface area contributed by atoms with Crippen molar-refractivity contribution < 1.29 is 14.3 Å². The van der Waals surface area contributed by atoms with Crippen LogP contribution in [0.25, 0.3) is 10.9 Å². The summed E-state index contributed by atoms with van der Waals surface area (Å²) >= 11 is 0. The van der Waals surface area contributed by atoms with Crippen LogP contribution in [0.1, 0.15) is 6.92 Å². The van der Waals surface area contributed by atoms with Gasteiger partial charge in [0.05, 0.1) is 18.8 Å². The maximum Gasteiger partial charge on any atom is 0.319 e. The van der Waals surface area contributed by atoms with Crippen molar-refractivity contribution in [1.82, 2.24) is 10.3 Å². The smallest absolute Gasteiger partial charge is 0.319 e. The van der Waals surface area contributed by atoms with Gasteiger partial charge in [0.25, 0.3) is 0 Å². The van der Waals surface area contributed by atoms with Crippen molar-refractivity contribution in [3.05, 3.63) is 60.8 Å². The Morgan fingerprint density at radius 2 is 1.81 bits per heavy atom. The number of hydrogen-bond acceptors (Lipinski definition) is 4. The topological polar surface area (TPSA) is 72.5 Å². The van der Waals surface area contributed by atoms with E-state index in [2.05, 4.69) is 15.6 Å². The van der Waals surface area contributed by atoms with Gasteiger partial charge >= 0.3 is 6.03 Å². The van der Waals surface area contributed by atoms with Gasteiger partial charge in [0.2, 0.25) is 0 Å². The molecule has 0 bridgehead atoms. The molecule has 0 aliphatic heterocycles. The lowest BCUT2D eigenvalue weighted by atomic mass is 10.2. The Morgan fingerprint density at radius 1 is 1.00 bits per heavy atom. The fourth-order valence-corrected chi connectivity index (χ4v) is 2.54. The number of urea groups is 1. The number of carbonyl (C=O) groups is 1. The zero-order chi connectivity index (χ0) is 18.2. The lowest BCUT2D eigenvalue weighted by Gasteiger charge is -2.12. The Hall–Kier alpha value is -3.28. The summed E-state index contributed by atoms with van der Waals surface area (Å²) in [4.78, 5) is 16.4. The van der Waals surface area contributed by atoms with Crippen LogP contribution < -0.4 is 20.1 Å². The molecule has 2 N–H and O–H groups in total. The van der Waals surface area contributed by atoms with Gasteiger partial charge in [0.15, 0.2) is 0 Å². The Bertz CT molecular complexity index is 878. The molecule has 6 nitrogen and oxygen atoms in total. The molecule has 6 heteroatoms. The maximum absolute atomic E-state index is 12.0. The molecule has 0 spiro atoms. The summed E-state index contributed by atoms with van der Waals surface area (Å²) in [7, 11) is 0. The Labute approximate surface area is 152 Å². The number of benzene rings is 2. The molecule has 0 radical (unpaired) electrons. The minimum absolute atomic E-state index is 0.309. The third-order valence-electron chi connectivity index (χ3n) is 3.68. The van der Waals surface area contributed by atoms with E-state index in [1.807, 2.05) is 55.5 Å². The number of pyridine rings is 1. The van der Waals surface area contributed by atoms with Crippen molar-refractivity contribution in [3.63, 3.8) is 0 Å². The van der Waals surface area contributed by atoms with Crippen LogP contribution in [0.4, 0.5) is 10.5 Å². The average molecular weight is 351 g/mol. The van der Waals surface area contributed by atoms with Crippen LogP contribution in [-0.2, 0) is 0 Å². The molecule has 0 unspecified atom stereocenters. The second-order valence-electron chi connectivity index (χ2n) is 5.49. The number of rotatable bonds is 7. The quantitative estimate of drug-likeness (QED) is 0.635. The van der Waals surface area contributed by atoms with E-state index in [-0.39, 0.29) is 6.03 Å². The SMILES string of the molecule is CCOc1ccccc1NC(=O)NCCOc1cccc2cccnc12. The van der Waals surface area contributed by atoms with Crippen LogP contribution in [0.2, 0.25) is 0 Å². The highest BCUT2D eigenvalue weighted by Crippen LogP contribution is 2.24. The van der Waals surface area contributed by atoms with Crippen molar-refractivity contribution in [3.8, 4) is 11.5 Å². The second-order valence-corrected chi connectivity index (χ2v) is 5.49. The highest BCUT2D eigenvalue weighted by molar-refractivity contribution is 5.90. The average Bonchev–Trinajstić information content (AvgIpc) is 2.67. The van der Waals surface area contributed by atoms with Gasteiger partial charge in [0.1, 0.15) is 23.6 Å². The first-order valence-corrected chi connectivity index (χ1v) is 8.51. The Balaban J connectivity index is 1.50. The van der Waals surface area contributed by atoms with Crippen LogP contribution in [0.15, 0.2) is 60.8 Å². The minimum atomic E-state index is -0.309. The summed E-state index contributed by atoms with van der Waals surface area (Å²) < 4.78 is 11.2. The Morgan fingerprint density at radius 3 is 2.69 bits per heavy atom. The molecular formula is C20H21N3O3. The van der Waals surface area contributed by atoms with E-state index in [4.69, 9.17) is 9.47 Å². The molecule has 1 aromatic heterocycles. The molecule has 0 aliphatic rings. The van der Waals surface area contributed by atoms with Crippen LogP contribution in [0.3, 0.4) is 0 Å². The number of nitrogens with zero attached hydrogens (tertiary/aromatic N) is 1. The number of carbonyl (C=O) groups excluding carboxylic acids is 1. The number of amides is 2. The van der Waals surface area contributed by atoms with E-state index in [1.54, 1.807) is 12.3 Å². The van der Waals surface area contributed by atoms with Gasteiger partial charge in [-0.2, -0.15) is 0 Å². The van der Waals surface area contributed by atoms with Crippen molar-refractivity contribution in [2.45, 2.75) is 6.92 Å². The summed E-state index contributed by atoms with van der Waals surface area (Å²) in [6.07, 6.45) is 1.73. The van der Waals surface area contributed by atoms with Gasteiger partial charge in [-0.15, -0.1) is 0 Å². The fourth-order valence-electron chi connectivity index (χ4n) is 2.54. The minimum Gasteiger partial charge on any atom is -0.492 e. The second kappa shape index (κ2) is 8.71. The normalized spacial score (nSPS) is 10.3. The zero-order valence-electron chi connectivity index (χ0n) is 14.6. The summed E-state index contributed by atoms with van der Waals surface area (Å²) in [6, 6.07) is 16.6. The van der Waals surface area contributed by atoms with Gasteiger partial charge in [-0.1, -0.05) is 30.3 Å². The van der Waals surface area contributed by atoms with Crippen LogP contribution in [-0.4, -0.2) is 30.8 Å². The molecule has 3 aromatic rings. The molecule has 0 atom stereocenters. The third-order valence-corrected chi connectivity index (χ3v) is 3.68. The molecule has 2 aromatic carbocycles. The van der Waals surface area contributed by atoms with Gasteiger partial charge in [-0.3, -0.25) is 4.98 Å². The highest BCUT2D eigenvalue weighted by atomic mass is 16.5. The van der Waals surface area contributed by atoms with Crippen LogP contribution >= 0.6 is 0 Å². The van der Waals surface area contributed by atoms with Gasteiger partial charge < -0.3 is 20.1 Å². The predicted molar refractivity (Wildman–Crippen MR) is 102 cm³/mol. The monoisotopic (exact) mass is 351 g/mol. The molecule has 26 heavy (non-hydrogen) atoms. The van der Waals surface area contributed by atoms with E-state index < -0.39 is 0 Å². The fraction of sp³-hybridized carbons (Fsp3) is 0.200. The summed E-state index contributed by atoms with van der Waals surface area (Å²) in [5.74, 6) is 1.34. The lowest BCUT2D eigenvalue weighted by Crippen LogP contribution is -2.32. The van der Waals surface area contributed by atoms with Gasteiger partial charge in [0, 0.05) is 11.6 Å². The zero-order valence-corrected chi connectivity index (χ0v) is 14.6. The first-order valence-electron chi connectivity index (χ1n) is 8.51. The van der Waals surface area contributed by atoms with Crippen LogP contribution in [0.5, 0.6) is 11.5 Å². The van der Waals surface area contributed by atoms with Crippen molar-refractivity contribution >= 4 is 22.6 Å². The number of hydrogen-bond donors (Lipinski definition) is 2. The van der Waals surface area contributed by atoms with Crippen LogP contribution in [0, 0.1) is 0 Å². The molecule has 0 saturated carbocycles. The molecular weight excluding hydrogens is 330 g/mol. The summed E-state index contributed by atoms with van der Waals surface area (Å²) in [5, 5.41) is 6.57. The molecule has 0 aliphatic carbocycles. The largest absolute Gasteiger partial charge is 0.492 e. The highest BCUT2D eigenvalue weighted by Gasteiger charge is 2.07. The molecule has 0 saturated heterocycles. The number of aromatic nitrogens is 1. The summed E-state index contributed by atoms with van der Waals surface area (Å²) in [6.45, 7) is 3.14. The Kier molecular flexibility index (Phi) is 5.88. The molecule has 1 heterocycles. The van der Waals surface area contributed by atoms with E-state index in [0.29, 0.717) is 36.9 Å². The first kappa shape index (κ1) is 17.5. The standard InChI is InChI=1S/C20H21N3O3/c1-2-25-17-10-4-3-9-16(17)23-20(24)22-13-14-26-18-11-5-7-15-8-6-12-21-19(15)18/h3-12H,2,13-14H2,1H3,(H2,22,23,24). The van der Waals surface area contributed by atoms with Crippen molar-refractivity contribution in [2.24, 2.45) is 0 Å². The van der Waals surface area contributed by atoms with E-state index in [9.17, 15) is 4.79 Å². The van der Waals surface area contributed by atoms with E-state index in [1.165, 1.54) is 0 Å². The number of ether oxygens (including phenoxy) is 2. The first-order chi connectivity index (χ1) is 12.8. The molecule has 2 amide bonds. The van der Waals surface area contributed by atoms with E-state index >= 15 is 0 Å². The van der Waals surface area contributed by atoms with Gasteiger partial charge in [-0.25, -0.2) is 4.79 Å². The maximum atomic E-state index is 12.0. The molecule has 134 valence electrons. The van der Waals surface area contributed by atoms with E-state index in [0.717, 1.165) is 10.9 Å². The molecule has 0 fully saturated rings. The lowest BCUT2D eigenvalue weighted by molar-refractivity contribution is 0.247. The van der Waals surface area contributed by atoms with Gasteiger partial charge in [-0.05, 0) is 31.2 Å². The number of anilines is 1. The third kappa shape index (κ3) is 4.42. The number of nitrogens with one attached hydrogen (secondary N) is 2. The predicted octanol–water partition coefficient (Wildman–Crippen LogP) is 3.83. The number of fused-ring (bicyclic) bond motifs is 1. The molecule has 3 rings (SSSR count). The van der Waals surface area contributed by atoms with Crippen molar-refractivity contribution in [2.75, 3.05) is 25.1 Å². The van der Waals surface area contributed by atoms with Crippen molar-refractivity contribution in [1.29, 1.82) is 0 Å².